The molecule has 0 fully saturated rings. The van der Waals surface area contributed by atoms with E-state index in [2.05, 4.69) is 9.97 Å². The fourth-order valence-corrected chi connectivity index (χ4v) is 2.41. The van der Waals surface area contributed by atoms with Gasteiger partial charge in [0.25, 0.3) is 5.56 Å². The van der Waals surface area contributed by atoms with Crippen LogP contribution in [0.25, 0.3) is 0 Å². The minimum atomic E-state index is -0.171. The van der Waals surface area contributed by atoms with Crippen molar-refractivity contribution in [2.75, 3.05) is 7.11 Å². The summed E-state index contributed by atoms with van der Waals surface area (Å²) in [5, 5.41) is 1.11. The second-order valence-electron chi connectivity index (χ2n) is 4.42. The van der Waals surface area contributed by atoms with Gasteiger partial charge in [-0.05, 0) is 24.6 Å². The second kappa shape index (κ2) is 6.39. The van der Waals surface area contributed by atoms with Crippen LogP contribution in [-0.2, 0) is 17.8 Å². The van der Waals surface area contributed by atoms with Crippen molar-refractivity contribution in [1.82, 2.24) is 9.97 Å². The van der Waals surface area contributed by atoms with Gasteiger partial charge >= 0.3 is 0 Å². The Balaban J connectivity index is 2.36. The van der Waals surface area contributed by atoms with E-state index >= 15 is 0 Å². The molecule has 0 aliphatic carbocycles. The third-order valence-electron chi connectivity index (χ3n) is 2.93. The van der Waals surface area contributed by atoms with Crippen LogP contribution in [0.3, 0.4) is 0 Å². The first-order valence-corrected chi connectivity index (χ1v) is 6.78. The maximum absolute atomic E-state index is 12.1. The number of methoxy groups -OCH3 is 1. The second-order valence-corrected chi connectivity index (χ2v) is 5.27. The zero-order valence-electron chi connectivity index (χ0n) is 11.2. The molecule has 0 saturated heterocycles. The molecule has 2 aromatic rings. The fourth-order valence-electron chi connectivity index (χ4n) is 1.94. The Morgan fingerprint density at radius 2 is 2.10 bits per heavy atom. The van der Waals surface area contributed by atoms with Crippen LogP contribution < -0.4 is 5.56 Å². The molecule has 0 radical (unpaired) electrons. The predicted octanol–water partition coefficient (Wildman–Crippen LogP) is 3.12. The summed E-state index contributed by atoms with van der Waals surface area (Å²) in [6.45, 7) is 2.08. The van der Waals surface area contributed by atoms with Crippen LogP contribution in [0.4, 0.5) is 0 Å². The largest absolute Gasteiger partial charge is 0.377 e. The number of aromatic amines is 1. The normalized spacial score (nSPS) is 10.8. The molecule has 0 spiro atoms. The molecule has 6 heteroatoms. The molecule has 106 valence electrons. The van der Waals surface area contributed by atoms with Gasteiger partial charge in [-0.2, -0.15) is 0 Å². The summed E-state index contributed by atoms with van der Waals surface area (Å²) < 4.78 is 4.96. The van der Waals surface area contributed by atoms with Crippen LogP contribution in [0, 0.1) is 6.92 Å². The molecule has 4 nitrogen and oxygen atoms in total. The Labute approximate surface area is 126 Å². The first-order chi connectivity index (χ1) is 9.51. The summed E-state index contributed by atoms with van der Waals surface area (Å²) in [4.78, 5) is 19.1. The summed E-state index contributed by atoms with van der Waals surface area (Å²) in [5.41, 5.74) is 1.93. The molecule has 2 rings (SSSR count). The van der Waals surface area contributed by atoms with Crippen molar-refractivity contribution >= 4 is 23.2 Å². The van der Waals surface area contributed by atoms with Crippen LogP contribution in [-0.4, -0.2) is 17.1 Å². The third kappa shape index (κ3) is 3.39. The van der Waals surface area contributed by atoms with E-state index in [0.717, 1.165) is 5.56 Å². The number of benzene rings is 1. The minimum Gasteiger partial charge on any atom is -0.377 e. The molecular formula is C14H14Cl2N2O2. The lowest BCUT2D eigenvalue weighted by Crippen LogP contribution is -2.19. The van der Waals surface area contributed by atoms with Crippen molar-refractivity contribution in [1.29, 1.82) is 0 Å². The predicted molar refractivity (Wildman–Crippen MR) is 79.6 cm³/mol. The van der Waals surface area contributed by atoms with Crippen LogP contribution >= 0.6 is 23.2 Å². The van der Waals surface area contributed by atoms with Crippen molar-refractivity contribution in [3.8, 4) is 0 Å². The maximum Gasteiger partial charge on any atom is 0.254 e. The lowest BCUT2D eigenvalue weighted by Gasteiger charge is -2.08. The molecule has 1 aromatic heterocycles. The number of hydrogen-bond acceptors (Lipinski definition) is 3. The van der Waals surface area contributed by atoms with Gasteiger partial charge in [0.1, 0.15) is 12.4 Å². The van der Waals surface area contributed by atoms with Gasteiger partial charge in [0.05, 0.1) is 0 Å². The molecule has 0 unspecified atom stereocenters. The molecule has 1 N–H and O–H groups in total. The Bertz CT molecular complexity index is 683. The van der Waals surface area contributed by atoms with E-state index in [-0.39, 0.29) is 12.2 Å². The van der Waals surface area contributed by atoms with Gasteiger partial charge in [-0.25, -0.2) is 4.98 Å². The zero-order chi connectivity index (χ0) is 14.7. The SMILES string of the molecule is COCc1nc(C)c(Cc2ccc(Cl)cc2Cl)c(=O)[nH]1. The number of halogens is 2. The first kappa shape index (κ1) is 15.0. The van der Waals surface area contributed by atoms with Gasteiger partial charge in [-0.3, -0.25) is 4.79 Å². The van der Waals surface area contributed by atoms with Crippen molar-refractivity contribution in [3.05, 3.63) is 61.2 Å². The average Bonchev–Trinajstić information content (AvgIpc) is 2.36. The highest BCUT2D eigenvalue weighted by Gasteiger charge is 2.11. The smallest absolute Gasteiger partial charge is 0.254 e. The van der Waals surface area contributed by atoms with Crippen LogP contribution in [0.5, 0.6) is 0 Å². The Hall–Kier alpha value is -1.36. The molecule has 0 aliphatic heterocycles. The number of ether oxygens (including phenoxy) is 1. The highest BCUT2D eigenvalue weighted by atomic mass is 35.5. The lowest BCUT2D eigenvalue weighted by molar-refractivity contribution is 0.177. The standard InChI is InChI=1S/C14H14Cl2N2O2/c1-8-11(14(19)18-13(17-8)7-20-2)5-9-3-4-10(15)6-12(9)16/h3-4,6H,5,7H2,1-2H3,(H,17,18,19). The Morgan fingerprint density at radius 1 is 1.35 bits per heavy atom. The monoisotopic (exact) mass is 312 g/mol. The average molecular weight is 313 g/mol. The van der Waals surface area contributed by atoms with E-state index < -0.39 is 0 Å². The third-order valence-corrected chi connectivity index (χ3v) is 3.52. The van der Waals surface area contributed by atoms with E-state index in [1.807, 2.05) is 6.07 Å². The molecule has 0 bridgehead atoms. The van der Waals surface area contributed by atoms with Crippen molar-refractivity contribution < 1.29 is 4.74 Å². The van der Waals surface area contributed by atoms with Gasteiger partial charge in [-0.15, -0.1) is 0 Å². The van der Waals surface area contributed by atoms with E-state index in [4.69, 9.17) is 27.9 Å². The molecular weight excluding hydrogens is 299 g/mol. The van der Waals surface area contributed by atoms with Gasteiger partial charge in [-0.1, -0.05) is 29.3 Å². The number of nitrogens with zero attached hydrogens (tertiary/aromatic N) is 1. The van der Waals surface area contributed by atoms with Crippen molar-refractivity contribution in [2.45, 2.75) is 20.0 Å². The van der Waals surface area contributed by atoms with Crippen molar-refractivity contribution in [2.24, 2.45) is 0 Å². The summed E-state index contributed by atoms with van der Waals surface area (Å²) in [5.74, 6) is 0.515. The lowest BCUT2D eigenvalue weighted by atomic mass is 10.1. The Morgan fingerprint density at radius 3 is 2.70 bits per heavy atom. The molecule has 0 saturated carbocycles. The number of hydrogen-bond donors (Lipinski definition) is 1. The maximum atomic E-state index is 12.1. The quantitative estimate of drug-likeness (QED) is 0.943. The molecule has 0 amide bonds. The summed E-state index contributed by atoms with van der Waals surface area (Å²) in [6, 6.07) is 5.22. The molecule has 0 atom stereocenters. The molecule has 1 heterocycles. The van der Waals surface area contributed by atoms with Crippen molar-refractivity contribution in [3.63, 3.8) is 0 Å². The summed E-state index contributed by atoms with van der Waals surface area (Å²) in [7, 11) is 1.55. The zero-order valence-corrected chi connectivity index (χ0v) is 12.7. The first-order valence-electron chi connectivity index (χ1n) is 6.02. The Kier molecular flexibility index (Phi) is 4.81. The molecule has 20 heavy (non-hydrogen) atoms. The topological polar surface area (TPSA) is 55.0 Å². The van der Waals surface area contributed by atoms with E-state index in [1.54, 1.807) is 26.2 Å². The van der Waals surface area contributed by atoms with Crippen LogP contribution in [0.15, 0.2) is 23.0 Å². The van der Waals surface area contributed by atoms with E-state index in [1.165, 1.54) is 0 Å². The molecule has 0 aliphatic rings. The number of aromatic nitrogens is 2. The number of H-pyrrole nitrogens is 1. The van der Waals surface area contributed by atoms with Gasteiger partial charge < -0.3 is 9.72 Å². The van der Waals surface area contributed by atoms with E-state index in [0.29, 0.717) is 33.5 Å². The number of rotatable bonds is 4. The van der Waals surface area contributed by atoms with Crippen LogP contribution in [0.1, 0.15) is 22.6 Å². The highest BCUT2D eigenvalue weighted by molar-refractivity contribution is 6.35. The van der Waals surface area contributed by atoms with Gasteiger partial charge in [0.15, 0.2) is 0 Å². The minimum absolute atomic E-state index is 0.171. The highest BCUT2D eigenvalue weighted by Crippen LogP contribution is 2.23. The van der Waals surface area contributed by atoms with Crippen LogP contribution in [0.2, 0.25) is 10.0 Å². The fraction of sp³-hybridized carbons (Fsp3) is 0.286. The van der Waals surface area contributed by atoms with E-state index in [9.17, 15) is 4.79 Å². The molecule has 1 aromatic carbocycles. The summed E-state index contributed by atoms with van der Waals surface area (Å²) >= 11 is 12.0. The number of aryl methyl sites for hydroxylation is 1. The van der Waals surface area contributed by atoms with Gasteiger partial charge in [0.2, 0.25) is 0 Å². The van der Waals surface area contributed by atoms with Gasteiger partial charge in [0, 0.05) is 34.8 Å². The number of nitrogens with one attached hydrogen (secondary N) is 1. The summed E-state index contributed by atoms with van der Waals surface area (Å²) in [6.07, 6.45) is 0.414.